The first-order valence-corrected chi connectivity index (χ1v) is 5.32. The average Bonchev–Trinajstić information content (AvgIpc) is 2.64. The van der Waals surface area contributed by atoms with Gasteiger partial charge in [-0.3, -0.25) is 4.68 Å². The lowest BCUT2D eigenvalue weighted by Crippen LogP contribution is -2.11. The molecule has 2 aromatic rings. The number of hydrogen-bond acceptors (Lipinski definition) is 4. The first-order chi connectivity index (χ1) is 7.74. The summed E-state index contributed by atoms with van der Waals surface area (Å²) in [6.07, 6.45) is 5.26. The van der Waals surface area contributed by atoms with Crippen LogP contribution in [0.5, 0.6) is 0 Å². The molecule has 0 aliphatic rings. The van der Waals surface area contributed by atoms with Crippen molar-refractivity contribution >= 4 is 17.4 Å². The first kappa shape index (κ1) is 10.9. The predicted octanol–water partition coefficient (Wildman–Crippen LogP) is 1.75. The summed E-state index contributed by atoms with van der Waals surface area (Å²) in [7, 11) is 0. The summed E-state index contributed by atoms with van der Waals surface area (Å²) >= 11 is 5.74. The molecule has 16 heavy (non-hydrogen) atoms. The topological polar surface area (TPSA) is 55.6 Å². The molecule has 2 rings (SSSR count). The van der Waals surface area contributed by atoms with E-state index in [1.807, 2.05) is 24.0 Å². The highest BCUT2D eigenvalue weighted by atomic mass is 35.5. The van der Waals surface area contributed by atoms with Gasteiger partial charge in [-0.15, -0.1) is 0 Å². The summed E-state index contributed by atoms with van der Waals surface area (Å²) in [5.74, 6) is 0.726. The van der Waals surface area contributed by atoms with E-state index in [1.54, 1.807) is 6.07 Å². The van der Waals surface area contributed by atoms with Crippen LogP contribution in [0.1, 0.15) is 5.56 Å². The summed E-state index contributed by atoms with van der Waals surface area (Å²) in [5, 5.41) is 7.77. The Balaban J connectivity index is 1.84. The molecule has 0 amide bonds. The molecule has 0 saturated heterocycles. The van der Waals surface area contributed by atoms with E-state index in [9.17, 15) is 0 Å². The van der Waals surface area contributed by atoms with E-state index < -0.39 is 0 Å². The van der Waals surface area contributed by atoms with Gasteiger partial charge in [-0.1, -0.05) is 11.6 Å². The van der Waals surface area contributed by atoms with Crippen LogP contribution in [0, 0.1) is 6.92 Å². The maximum atomic E-state index is 5.74. The molecule has 0 aliphatic carbocycles. The monoisotopic (exact) mass is 237 g/mol. The zero-order valence-electron chi connectivity index (χ0n) is 8.89. The van der Waals surface area contributed by atoms with Crippen molar-refractivity contribution in [3.05, 3.63) is 35.5 Å². The number of halogens is 1. The van der Waals surface area contributed by atoms with Crippen LogP contribution in [-0.4, -0.2) is 26.3 Å². The van der Waals surface area contributed by atoms with E-state index in [2.05, 4.69) is 20.4 Å². The number of aryl methyl sites for hydroxylation is 1. The number of hydrogen-bond donors (Lipinski definition) is 1. The third-order valence-electron chi connectivity index (χ3n) is 2.04. The molecule has 0 aliphatic heterocycles. The molecular weight excluding hydrogens is 226 g/mol. The van der Waals surface area contributed by atoms with Crippen molar-refractivity contribution in [1.29, 1.82) is 0 Å². The molecule has 0 spiro atoms. The Labute approximate surface area is 98.5 Å². The smallest absolute Gasteiger partial charge is 0.134 e. The van der Waals surface area contributed by atoms with Crippen LogP contribution in [0.2, 0.25) is 5.15 Å². The molecule has 5 nitrogen and oxygen atoms in total. The lowest BCUT2D eigenvalue weighted by atomic mass is 10.4. The first-order valence-electron chi connectivity index (χ1n) is 4.94. The largest absolute Gasteiger partial charge is 0.368 e. The second kappa shape index (κ2) is 4.94. The molecule has 0 saturated carbocycles. The van der Waals surface area contributed by atoms with Gasteiger partial charge in [0.25, 0.3) is 0 Å². The number of nitrogens with zero attached hydrogens (tertiary/aromatic N) is 4. The Kier molecular flexibility index (Phi) is 3.36. The fourth-order valence-corrected chi connectivity index (χ4v) is 1.47. The van der Waals surface area contributed by atoms with Gasteiger partial charge in [-0.2, -0.15) is 5.10 Å². The maximum absolute atomic E-state index is 5.74. The van der Waals surface area contributed by atoms with Gasteiger partial charge in [0.1, 0.15) is 17.3 Å². The van der Waals surface area contributed by atoms with Gasteiger partial charge >= 0.3 is 0 Å². The summed E-state index contributed by atoms with van der Waals surface area (Å²) in [6, 6.07) is 1.69. The van der Waals surface area contributed by atoms with Crippen LogP contribution in [0.3, 0.4) is 0 Å². The van der Waals surface area contributed by atoms with Gasteiger partial charge < -0.3 is 5.32 Å². The number of rotatable bonds is 4. The van der Waals surface area contributed by atoms with Crippen molar-refractivity contribution in [2.75, 3.05) is 11.9 Å². The van der Waals surface area contributed by atoms with E-state index >= 15 is 0 Å². The van der Waals surface area contributed by atoms with Crippen LogP contribution >= 0.6 is 11.6 Å². The van der Waals surface area contributed by atoms with Gasteiger partial charge in [0.2, 0.25) is 0 Å². The minimum Gasteiger partial charge on any atom is -0.368 e. The van der Waals surface area contributed by atoms with E-state index in [-0.39, 0.29) is 0 Å². The van der Waals surface area contributed by atoms with Crippen molar-refractivity contribution in [3.63, 3.8) is 0 Å². The quantitative estimate of drug-likeness (QED) is 0.824. The maximum Gasteiger partial charge on any atom is 0.134 e. The molecule has 2 aromatic heterocycles. The molecule has 0 aromatic carbocycles. The highest BCUT2D eigenvalue weighted by Crippen LogP contribution is 2.07. The lowest BCUT2D eigenvalue weighted by molar-refractivity contribution is 0.636. The van der Waals surface area contributed by atoms with Crippen LogP contribution in [-0.2, 0) is 6.54 Å². The Hall–Kier alpha value is -1.62. The number of anilines is 1. The minimum absolute atomic E-state index is 0.437. The summed E-state index contributed by atoms with van der Waals surface area (Å²) < 4.78 is 1.88. The summed E-state index contributed by atoms with van der Waals surface area (Å²) in [5.41, 5.74) is 1.16. The average molecular weight is 238 g/mol. The van der Waals surface area contributed by atoms with Crippen LogP contribution < -0.4 is 5.32 Å². The summed E-state index contributed by atoms with van der Waals surface area (Å²) in [4.78, 5) is 7.85. The van der Waals surface area contributed by atoms with Crippen molar-refractivity contribution in [2.24, 2.45) is 0 Å². The molecule has 84 valence electrons. The van der Waals surface area contributed by atoms with Gasteiger partial charge in [0.05, 0.1) is 12.7 Å². The zero-order valence-corrected chi connectivity index (χ0v) is 9.65. The lowest BCUT2D eigenvalue weighted by Gasteiger charge is -2.05. The van der Waals surface area contributed by atoms with Gasteiger partial charge in [0.15, 0.2) is 0 Å². The Morgan fingerprint density at radius 3 is 3.00 bits per heavy atom. The van der Waals surface area contributed by atoms with E-state index in [4.69, 9.17) is 11.6 Å². The third kappa shape index (κ3) is 2.93. The van der Waals surface area contributed by atoms with E-state index in [0.29, 0.717) is 5.15 Å². The van der Waals surface area contributed by atoms with Crippen molar-refractivity contribution in [1.82, 2.24) is 19.7 Å². The number of aromatic nitrogens is 4. The van der Waals surface area contributed by atoms with Gasteiger partial charge in [0, 0.05) is 18.8 Å². The zero-order chi connectivity index (χ0) is 11.4. The van der Waals surface area contributed by atoms with Crippen molar-refractivity contribution in [2.45, 2.75) is 13.5 Å². The molecule has 0 bridgehead atoms. The van der Waals surface area contributed by atoms with Gasteiger partial charge in [-0.25, -0.2) is 9.97 Å². The Morgan fingerprint density at radius 1 is 1.44 bits per heavy atom. The van der Waals surface area contributed by atoms with Crippen LogP contribution in [0.4, 0.5) is 5.82 Å². The molecular formula is C10H12ClN5. The highest BCUT2D eigenvalue weighted by molar-refractivity contribution is 6.29. The fourth-order valence-electron chi connectivity index (χ4n) is 1.32. The minimum atomic E-state index is 0.437. The van der Waals surface area contributed by atoms with Crippen molar-refractivity contribution < 1.29 is 0 Å². The van der Waals surface area contributed by atoms with E-state index in [1.165, 1.54) is 6.33 Å². The van der Waals surface area contributed by atoms with Crippen LogP contribution in [0.15, 0.2) is 24.8 Å². The molecule has 0 atom stereocenters. The standard InChI is InChI=1S/C10H12ClN5/c1-8-5-15-16(6-8)3-2-12-10-4-9(11)13-7-14-10/h4-7H,2-3H2,1H3,(H,12,13,14). The highest BCUT2D eigenvalue weighted by Gasteiger charge is 1.97. The molecule has 0 radical (unpaired) electrons. The third-order valence-corrected chi connectivity index (χ3v) is 2.25. The van der Waals surface area contributed by atoms with Crippen LogP contribution in [0.25, 0.3) is 0 Å². The van der Waals surface area contributed by atoms with Gasteiger partial charge in [-0.05, 0) is 12.5 Å². The molecule has 0 unspecified atom stereocenters. The normalized spacial score (nSPS) is 10.4. The Morgan fingerprint density at radius 2 is 2.31 bits per heavy atom. The van der Waals surface area contributed by atoms with E-state index in [0.717, 1.165) is 24.5 Å². The predicted molar refractivity (Wildman–Crippen MR) is 62.5 cm³/mol. The van der Waals surface area contributed by atoms with Crippen molar-refractivity contribution in [3.8, 4) is 0 Å². The SMILES string of the molecule is Cc1cnn(CCNc2cc(Cl)ncn2)c1. The number of nitrogens with one attached hydrogen (secondary N) is 1. The second-order valence-corrected chi connectivity index (χ2v) is 3.82. The molecule has 6 heteroatoms. The fraction of sp³-hybridized carbons (Fsp3) is 0.300. The molecule has 0 fully saturated rings. The Bertz CT molecular complexity index is 468. The molecule has 2 heterocycles. The summed E-state index contributed by atoms with van der Waals surface area (Å²) in [6.45, 7) is 3.55. The second-order valence-electron chi connectivity index (χ2n) is 3.43. The molecule has 1 N–H and O–H groups in total.